The Morgan fingerprint density at radius 2 is 1.50 bits per heavy atom. The van der Waals surface area contributed by atoms with Gasteiger partial charge in [0.1, 0.15) is 24.0 Å². The molecule has 2 aromatic rings. The van der Waals surface area contributed by atoms with Gasteiger partial charge in [-0.25, -0.2) is 4.79 Å². The van der Waals surface area contributed by atoms with Crippen LogP contribution in [0, 0.1) is 0 Å². The van der Waals surface area contributed by atoms with Crippen molar-refractivity contribution < 1.29 is 61.9 Å². The smallest absolute Gasteiger partial charge is 0.383 e. The molecule has 14 heteroatoms. The van der Waals surface area contributed by atoms with E-state index in [1.165, 1.54) is 18.2 Å². The molecule has 218 valence electrons. The summed E-state index contributed by atoms with van der Waals surface area (Å²) in [6.07, 6.45) is -7.36. The summed E-state index contributed by atoms with van der Waals surface area (Å²) in [6.45, 7) is 7.36. The largest absolute Gasteiger partial charge is 0.504 e. The van der Waals surface area contributed by atoms with Gasteiger partial charge in [-0.3, -0.25) is 19.2 Å². The van der Waals surface area contributed by atoms with Crippen molar-refractivity contribution in [3.8, 4) is 17.2 Å². The van der Waals surface area contributed by atoms with Crippen LogP contribution >= 0.6 is 0 Å². The van der Waals surface area contributed by atoms with Crippen LogP contribution in [0.1, 0.15) is 41.5 Å². The topological polar surface area (TPSA) is 183 Å². The first-order chi connectivity index (χ1) is 18.8. The van der Waals surface area contributed by atoms with Gasteiger partial charge in [-0.05, 0) is 26.0 Å². The van der Waals surface area contributed by atoms with Gasteiger partial charge < -0.3 is 42.7 Å². The standard InChI is InChI=1S/C26H30O14/c1-11(2)34-22-20(31)17-8-7-16(9-18(17)39-25(22)32)38-26-24(37-15(6)30)23(36-14(5)29)21(35-13(4)28)19(40-26)10-33-12(3)27/h7-9,11,19,21,23-24,26,31H,10H2,1-6H3/t19-,21+,23+,24-,26-/m1/s1. The number of rotatable bonds is 9. The lowest BCUT2D eigenvalue weighted by Crippen LogP contribution is -2.63. The molecule has 0 bridgehead atoms. The molecule has 0 unspecified atom stereocenters. The van der Waals surface area contributed by atoms with Crippen LogP contribution in [0.25, 0.3) is 11.0 Å². The van der Waals surface area contributed by atoms with Crippen LogP contribution in [0.4, 0.5) is 0 Å². The van der Waals surface area contributed by atoms with Crippen molar-refractivity contribution in [2.75, 3.05) is 6.61 Å². The first-order valence-corrected chi connectivity index (χ1v) is 12.2. The summed E-state index contributed by atoms with van der Waals surface area (Å²) in [4.78, 5) is 59.7. The van der Waals surface area contributed by atoms with E-state index in [0.29, 0.717) is 0 Å². The number of fused-ring (bicyclic) bond motifs is 1. The molecule has 3 rings (SSSR count). The molecule has 0 spiro atoms. The van der Waals surface area contributed by atoms with Crippen molar-refractivity contribution >= 4 is 34.8 Å². The van der Waals surface area contributed by atoms with Gasteiger partial charge in [0, 0.05) is 33.8 Å². The number of carbonyl (C=O) groups is 4. The highest BCUT2D eigenvalue weighted by Crippen LogP contribution is 2.35. The van der Waals surface area contributed by atoms with Crippen LogP contribution < -0.4 is 15.1 Å². The highest BCUT2D eigenvalue weighted by molar-refractivity contribution is 5.86. The Labute approximate surface area is 228 Å². The summed E-state index contributed by atoms with van der Waals surface area (Å²) >= 11 is 0. The minimum atomic E-state index is -1.50. The second-order valence-corrected chi connectivity index (χ2v) is 9.08. The number of ether oxygens (including phenoxy) is 7. The molecule has 1 aliphatic heterocycles. The molecule has 1 aromatic carbocycles. The number of benzene rings is 1. The van der Waals surface area contributed by atoms with Crippen molar-refractivity contribution in [1.29, 1.82) is 0 Å². The zero-order chi connectivity index (χ0) is 29.7. The van der Waals surface area contributed by atoms with Crippen molar-refractivity contribution in [2.45, 2.75) is 78.4 Å². The predicted molar refractivity (Wildman–Crippen MR) is 132 cm³/mol. The molecule has 1 aromatic heterocycles. The molecule has 5 atom stereocenters. The third-order valence-electron chi connectivity index (χ3n) is 5.37. The molecule has 14 nitrogen and oxygen atoms in total. The van der Waals surface area contributed by atoms with E-state index in [1.807, 2.05) is 0 Å². The molecule has 0 amide bonds. The second-order valence-electron chi connectivity index (χ2n) is 9.08. The van der Waals surface area contributed by atoms with Gasteiger partial charge in [-0.15, -0.1) is 0 Å². The highest BCUT2D eigenvalue weighted by Gasteiger charge is 2.53. The third kappa shape index (κ3) is 7.40. The van der Waals surface area contributed by atoms with Crippen LogP contribution in [0.5, 0.6) is 17.2 Å². The molecule has 0 saturated carbocycles. The van der Waals surface area contributed by atoms with E-state index in [9.17, 15) is 29.1 Å². The molecule has 1 N–H and O–H groups in total. The minimum absolute atomic E-state index is 0.0217. The highest BCUT2D eigenvalue weighted by atomic mass is 16.7. The first kappa shape index (κ1) is 30.2. The van der Waals surface area contributed by atoms with Crippen LogP contribution in [0.3, 0.4) is 0 Å². The third-order valence-corrected chi connectivity index (χ3v) is 5.37. The fourth-order valence-electron chi connectivity index (χ4n) is 3.98. The van der Waals surface area contributed by atoms with Crippen LogP contribution in [0.15, 0.2) is 27.4 Å². The molecule has 1 saturated heterocycles. The van der Waals surface area contributed by atoms with Crippen LogP contribution in [-0.4, -0.2) is 72.4 Å². The molecule has 1 fully saturated rings. The molecule has 40 heavy (non-hydrogen) atoms. The minimum Gasteiger partial charge on any atom is -0.504 e. The molecular formula is C26H30O14. The second kappa shape index (κ2) is 12.7. The lowest BCUT2D eigenvalue weighted by molar-refractivity contribution is -0.288. The number of esters is 4. The quantitative estimate of drug-likeness (QED) is 0.263. The Bertz CT molecular complexity index is 1330. The zero-order valence-corrected chi connectivity index (χ0v) is 22.7. The fourth-order valence-corrected chi connectivity index (χ4v) is 3.98. The number of hydrogen-bond donors (Lipinski definition) is 1. The Kier molecular flexibility index (Phi) is 9.58. The molecule has 0 aliphatic carbocycles. The van der Waals surface area contributed by atoms with Gasteiger partial charge in [0.2, 0.25) is 18.1 Å². The van der Waals surface area contributed by atoms with Crippen molar-refractivity contribution in [3.63, 3.8) is 0 Å². The average Bonchev–Trinajstić information content (AvgIpc) is 2.83. The number of carbonyl (C=O) groups excluding carboxylic acids is 4. The summed E-state index contributed by atoms with van der Waals surface area (Å²) in [5, 5.41) is 10.7. The Morgan fingerprint density at radius 1 is 0.900 bits per heavy atom. The number of aromatic hydroxyl groups is 1. The van der Waals surface area contributed by atoms with E-state index in [4.69, 9.17) is 37.6 Å². The SMILES string of the molecule is CC(=O)OC[C@H]1O[C@@H](Oc2ccc3c(O)c(OC(C)C)c(=O)oc3c2)[C@H](OC(C)=O)[C@@H](OC(C)=O)[C@H]1OC(C)=O. The first-order valence-electron chi connectivity index (χ1n) is 12.2. The maximum Gasteiger partial charge on any atom is 0.383 e. The van der Waals surface area contributed by atoms with E-state index < -0.39 is 78.7 Å². The summed E-state index contributed by atoms with van der Waals surface area (Å²) in [5.74, 6) is -3.80. The maximum absolute atomic E-state index is 12.4. The van der Waals surface area contributed by atoms with Crippen molar-refractivity contribution in [3.05, 3.63) is 28.6 Å². The Hall–Kier alpha value is -4.33. The lowest BCUT2D eigenvalue weighted by Gasteiger charge is -2.43. The van der Waals surface area contributed by atoms with Crippen molar-refractivity contribution in [1.82, 2.24) is 0 Å². The molecule has 2 heterocycles. The lowest BCUT2D eigenvalue weighted by atomic mass is 9.98. The summed E-state index contributed by atoms with van der Waals surface area (Å²) < 4.78 is 43.5. The van der Waals surface area contributed by atoms with Gasteiger partial charge in [-0.2, -0.15) is 0 Å². The molecular weight excluding hydrogens is 536 g/mol. The summed E-state index contributed by atoms with van der Waals surface area (Å²) in [7, 11) is 0. The zero-order valence-electron chi connectivity index (χ0n) is 22.7. The van der Waals surface area contributed by atoms with Crippen LogP contribution in [0.2, 0.25) is 0 Å². The van der Waals surface area contributed by atoms with Gasteiger partial charge >= 0.3 is 29.5 Å². The van der Waals surface area contributed by atoms with Crippen molar-refractivity contribution in [2.24, 2.45) is 0 Å². The molecule has 0 radical (unpaired) electrons. The van der Waals surface area contributed by atoms with E-state index in [2.05, 4.69) is 0 Å². The van der Waals surface area contributed by atoms with Gasteiger partial charge in [0.15, 0.2) is 18.0 Å². The Morgan fingerprint density at radius 3 is 2.08 bits per heavy atom. The fraction of sp³-hybridized carbons (Fsp3) is 0.500. The van der Waals surface area contributed by atoms with Gasteiger partial charge in [0.25, 0.3) is 0 Å². The Balaban J connectivity index is 2.03. The maximum atomic E-state index is 12.4. The van der Waals surface area contributed by atoms with E-state index in [1.54, 1.807) is 13.8 Å². The average molecular weight is 567 g/mol. The summed E-state index contributed by atoms with van der Waals surface area (Å²) in [5.41, 5.74) is -0.995. The van der Waals surface area contributed by atoms with Gasteiger partial charge in [0.05, 0.1) is 11.5 Å². The van der Waals surface area contributed by atoms with E-state index in [0.717, 1.165) is 27.7 Å². The van der Waals surface area contributed by atoms with E-state index >= 15 is 0 Å². The van der Waals surface area contributed by atoms with E-state index in [-0.39, 0.29) is 22.5 Å². The van der Waals surface area contributed by atoms with Gasteiger partial charge in [-0.1, -0.05) is 0 Å². The monoisotopic (exact) mass is 566 g/mol. The summed E-state index contributed by atoms with van der Waals surface area (Å²) in [6, 6.07) is 4.06. The normalized spacial score (nSPS) is 22.3. The number of hydrogen-bond acceptors (Lipinski definition) is 14. The molecule has 1 aliphatic rings. The predicted octanol–water partition coefficient (Wildman–Crippen LogP) is 1.75. The van der Waals surface area contributed by atoms with Crippen LogP contribution in [-0.2, 0) is 42.9 Å².